The van der Waals surface area contributed by atoms with Crippen LogP contribution in [0.15, 0.2) is 134 Å². The van der Waals surface area contributed by atoms with Crippen LogP contribution in [-0.2, 0) is 12.0 Å². The van der Waals surface area contributed by atoms with Crippen LogP contribution in [0, 0.1) is 0 Å². The molecule has 33 heavy (non-hydrogen) atoms. The first-order chi connectivity index (χ1) is 16.4. The van der Waals surface area contributed by atoms with Gasteiger partial charge < -0.3 is 4.57 Å². The van der Waals surface area contributed by atoms with Crippen molar-refractivity contribution in [1.29, 1.82) is 0 Å². The van der Waals surface area contributed by atoms with Gasteiger partial charge in [-0.25, -0.2) is 4.98 Å². The second kappa shape index (κ2) is 10.6. The summed E-state index contributed by atoms with van der Waals surface area (Å²) in [6, 6.07) is 42.6. The van der Waals surface area contributed by atoms with Crippen molar-refractivity contribution < 1.29 is 0 Å². The molecule has 5 aromatic rings. The van der Waals surface area contributed by atoms with E-state index in [1.807, 2.05) is 26.2 Å². The molecule has 0 bridgehead atoms. The lowest BCUT2D eigenvalue weighted by molar-refractivity contribution is 0.514. The highest BCUT2D eigenvalue weighted by Gasteiger charge is 2.38. The van der Waals surface area contributed by atoms with E-state index in [1.54, 1.807) is 0 Å². The molecule has 5 rings (SSSR count). The van der Waals surface area contributed by atoms with Gasteiger partial charge >= 0.3 is 0 Å². The van der Waals surface area contributed by atoms with Crippen molar-refractivity contribution in [3.63, 3.8) is 0 Å². The summed E-state index contributed by atoms with van der Waals surface area (Å²) in [5.41, 5.74) is 5.42. The Morgan fingerprint density at radius 3 is 1.39 bits per heavy atom. The summed E-state index contributed by atoms with van der Waals surface area (Å²) < 4.78 is 2.27. The summed E-state index contributed by atoms with van der Waals surface area (Å²) in [6.07, 6.45) is 4.98. The SMILES string of the molecule is CC.c1ccc(Cc2cn(C(c3ccccc3)(c3ccccc3)c3ccccc3)cn2)cc1. The molecule has 0 unspecified atom stereocenters. The minimum absolute atomic E-state index is 0.508. The van der Waals surface area contributed by atoms with E-state index < -0.39 is 5.54 Å². The molecule has 2 heteroatoms. The Bertz CT molecular complexity index is 1130. The molecule has 0 N–H and O–H groups in total. The van der Waals surface area contributed by atoms with Crippen molar-refractivity contribution in [2.24, 2.45) is 0 Å². The summed E-state index contributed by atoms with van der Waals surface area (Å²) in [5.74, 6) is 0. The summed E-state index contributed by atoms with van der Waals surface area (Å²) >= 11 is 0. The van der Waals surface area contributed by atoms with Crippen LogP contribution in [0.4, 0.5) is 0 Å². The molecule has 0 atom stereocenters. The third kappa shape index (κ3) is 4.51. The largest absolute Gasteiger partial charge is 0.319 e. The lowest BCUT2D eigenvalue weighted by atomic mass is 9.77. The number of rotatable bonds is 6. The fourth-order valence-electron chi connectivity index (χ4n) is 4.43. The molecule has 0 amide bonds. The second-order valence-electron chi connectivity index (χ2n) is 7.74. The molecule has 0 aliphatic rings. The fourth-order valence-corrected chi connectivity index (χ4v) is 4.43. The van der Waals surface area contributed by atoms with E-state index in [1.165, 1.54) is 22.3 Å². The van der Waals surface area contributed by atoms with E-state index in [0.717, 1.165) is 12.1 Å². The van der Waals surface area contributed by atoms with Crippen LogP contribution in [0.5, 0.6) is 0 Å². The van der Waals surface area contributed by atoms with Gasteiger partial charge in [0.25, 0.3) is 0 Å². The summed E-state index contributed by atoms with van der Waals surface area (Å²) in [5, 5.41) is 0. The first kappa shape index (κ1) is 22.3. The molecule has 1 aromatic heterocycles. The highest BCUT2D eigenvalue weighted by atomic mass is 15.1. The van der Waals surface area contributed by atoms with Crippen molar-refractivity contribution in [1.82, 2.24) is 9.55 Å². The van der Waals surface area contributed by atoms with Gasteiger partial charge in [-0.1, -0.05) is 135 Å². The van der Waals surface area contributed by atoms with E-state index in [9.17, 15) is 0 Å². The quantitative estimate of drug-likeness (QED) is 0.258. The molecule has 164 valence electrons. The zero-order valence-corrected chi connectivity index (χ0v) is 19.3. The summed E-state index contributed by atoms with van der Waals surface area (Å²) in [7, 11) is 0. The lowest BCUT2D eigenvalue weighted by Crippen LogP contribution is -2.36. The maximum atomic E-state index is 4.82. The Balaban J connectivity index is 0.00000126. The Kier molecular flexibility index (Phi) is 7.16. The fraction of sp³-hybridized carbons (Fsp3) is 0.129. The van der Waals surface area contributed by atoms with Crippen LogP contribution in [0.2, 0.25) is 0 Å². The maximum absolute atomic E-state index is 4.82. The van der Waals surface area contributed by atoms with Crippen molar-refractivity contribution in [3.05, 3.63) is 162 Å². The van der Waals surface area contributed by atoms with Gasteiger partial charge in [-0.15, -0.1) is 0 Å². The van der Waals surface area contributed by atoms with Gasteiger partial charge in [-0.3, -0.25) is 0 Å². The van der Waals surface area contributed by atoms with E-state index >= 15 is 0 Å². The zero-order valence-electron chi connectivity index (χ0n) is 19.3. The molecule has 1 heterocycles. The minimum atomic E-state index is -0.508. The first-order valence-electron chi connectivity index (χ1n) is 11.6. The van der Waals surface area contributed by atoms with Crippen molar-refractivity contribution in [2.75, 3.05) is 0 Å². The highest BCUT2D eigenvalue weighted by Crippen LogP contribution is 2.40. The van der Waals surface area contributed by atoms with E-state index in [2.05, 4.69) is 126 Å². The molecule has 0 fully saturated rings. The van der Waals surface area contributed by atoms with Gasteiger partial charge in [0.2, 0.25) is 0 Å². The van der Waals surface area contributed by atoms with E-state index in [-0.39, 0.29) is 0 Å². The van der Waals surface area contributed by atoms with Crippen LogP contribution in [-0.4, -0.2) is 9.55 Å². The van der Waals surface area contributed by atoms with Gasteiger partial charge in [0.05, 0.1) is 12.0 Å². The average molecular weight is 431 g/mol. The van der Waals surface area contributed by atoms with Gasteiger partial charge in [-0.05, 0) is 22.3 Å². The van der Waals surface area contributed by atoms with Crippen LogP contribution < -0.4 is 0 Å². The number of benzene rings is 4. The van der Waals surface area contributed by atoms with Gasteiger partial charge in [0.15, 0.2) is 0 Å². The van der Waals surface area contributed by atoms with Crippen LogP contribution in [0.3, 0.4) is 0 Å². The topological polar surface area (TPSA) is 17.8 Å². The number of imidazole rings is 1. The highest BCUT2D eigenvalue weighted by molar-refractivity contribution is 5.50. The number of nitrogens with zero attached hydrogens (tertiary/aromatic N) is 2. The molecular formula is C31H30N2. The van der Waals surface area contributed by atoms with Crippen molar-refractivity contribution in [3.8, 4) is 0 Å². The maximum Gasteiger partial charge on any atom is 0.121 e. The van der Waals surface area contributed by atoms with Crippen LogP contribution in [0.25, 0.3) is 0 Å². The second-order valence-corrected chi connectivity index (χ2v) is 7.74. The van der Waals surface area contributed by atoms with E-state index in [0.29, 0.717) is 0 Å². The molecule has 0 saturated carbocycles. The summed E-state index contributed by atoms with van der Waals surface area (Å²) in [4.78, 5) is 4.82. The lowest BCUT2D eigenvalue weighted by Gasteiger charge is -2.37. The normalized spacial score (nSPS) is 10.8. The number of aromatic nitrogens is 2. The molecule has 0 saturated heterocycles. The Morgan fingerprint density at radius 2 is 0.970 bits per heavy atom. The van der Waals surface area contributed by atoms with Gasteiger partial charge in [0, 0.05) is 12.6 Å². The molecule has 2 nitrogen and oxygen atoms in total. The molecule has 4 aromatic carbocycles. The summed E-state index contributed by atoms with van der Waals surface area (Å²) in [6.45, 7) is 4.00. The molecule has 0 radical (unpaired) electrons. The first-order valence-corrected chi connectivity index (χ1v) is 11.6. The molecule has 0 aliphatic heterocycles. The molecule has 0 aliphatic carbocycles. The number of hydrogen-bond acceptors (Lipinski definition) is 1. The zero-order chi connectivity index (χ0) is 22.9. The van der Waals surface area contributed by atoms with Crippen LogP contribution in [0.1, 0.15) is 41.8 Å². The third-order valence-corrected chi connectivity index (χ3v) is 5.83. The Labute approximate surface area is 197 Å². The number of hydrogen-bond donors (Lipinski definition) is 0. The van der Waals surface area contributed by atoms with Crippen molar-refractivity contribution in [2.45, 2.75) is 25.8 Å². The molecule has 0 spiro atoms. The standard InChI is InChI=1S/C29H24N2.C2H6/c1-5-13-24(14-6-1)21-28-22-31(23-30-28)29(25-15-7-2-8-16-25,26-17-9-3-10-18-26)27-19-11-4-12-20-27;1-2/h1-20,22-23H,21H2;1-2H3. The monoisotopic (exact) mass is 430 g/mol. The Hall–Kier alpha value is -3.91. The van der Waals surface area contributed by atoms with E-state index in [4.69, 9.17) is 4.98 Å². The third-order valence-electron chi connectivity index (χ3n) is 5.83. The minimum Gasteiger partial charge on any atom is -0.319 e. The smallest absolute Gasteiger partial charge is 0.121 e. The molecular weight excluding hydrogens is 400 g/mol. The van der Waals surface area contributed by atoms with Gasteiger partial charge in [0.1, 0.15) is 5.54 Å². The predicted molar refractivity (Wildman–Crippen MR) is 137 cm³/mol. The van der Waals surface area contributed by atoms with Crippen molar-refractivity contribution >= 4 is 0 Å². The van der Waals surface area contributed by atoms with Crippen LogP contribution >= 0.6 is 0 Å². The average Bonchev–Trinajstić information content (AvgIpc) is 3.37. The predicted octanol–water partition coefficient (Wildman–Crippen LogP) is 7.34. The van der Waals surface area contributed by atoms with Gasteiger partial charge in [-0.2, -0.15) is 0 Å². The Morgan fingerprint density at radius 1 is 0.576 bits per heavy atom.